The molecule has 10 heteroatoms. The van der Waals surface area contributed by atoms with Crippen molar-refractivity contribution in [3.05, 3.63) is 86.1 Å². The Morgan fingerprint density at radius 2 is 1.88 bits per heavy atom. The molecule has 2 amide bonds. The Balaban J connectivity index is 1.72. The van der Waals surface area contributed by atoms with Gasteiger partial charge < -0.3 is 4.42 Å². The van der Waals surface area contributed by atoms with E-state index in [1.807, 2.05) is 26.0 Å². The van der Waals surface area contributed by atoms with Crippen molar-refractivity contribution in [1.82, 2.24) is 5.32 Å². The Bertz CT molecular complexity index is 1380. The summed E-state index contributed by atoms with van der Waals surface area (Å²) in [4.78, 5) is 37.8. The van der Waals surface area contributed by atoms with E-state index >= 15 is 0 Å². The van der Waals surface area contributed by atoms with Gasteiger partial charge in [0.15, 0.2) is 5.11 Å². The number of nitro groups is 1. The van der Waals surface area contributed by atoms with Gasteiger partial charge in [-0.25, -0.2) is 0 Å². The summed E-state index contributed by atoms with van der Waals surface area (Å²) in [5.41, 5.74) is 2.19. The second-order valence-electron chi connectivity index (χ2n) is 7.37. The first-order valence-electron chi connectivity index (χ1n) is 9.68. The standard InChI is InChI=1S/C23H16ClN3O5S/c1-12-3-7-18(13(2)9-12)26-22(29)17(21(28)25-23(26)33)11-15-5-8-20(32-15)16-6-4-14(24)10-19(16)27(30)31/h3-11H,1-2H3,(H,25,28,33)/b17-11+. The predicted molar refractivity (Wildman–Crippen MR) is 128 cm³/mol. The molecule has 33 heavy (non-hydrogen) atoms. The Morgan fingerprint density at radius 3 is 2.58 bits per heavy atom. The van der Waals surface area contributed by atoms with Gasteiger partial charge in [0, 0.05) is 11.1 Å². The Morgan fingerprint density at radius 1 is 1.12 bits per heavy atom. The molecular weight excluding hydrogens is 466 g/mol. The van der Waals surface area contributed by atoms with Crippen LogP contribution in [0.1, 0.15) is 16.9 Å². The Labute approximate surface area is 198 Å². The zero-order chi connectivity index (χ0) is 23.9. The van der Waals surface area contributed by atoms with Crippen LogP contribution in [0.25, 0.3) is 17.4 Å². The quantitative estimate of drug-likeness (QED) is 0.186. The minimum absolute atomic E-state index is 0.0222. The monoisotopic (exact) mass is 481 g/mol. The fraction of sp³-hybridized carbons (Fsp3) is 0.0870. The number of carbonyl (C=O) groups excluding carboxylic acids is 2. The number of nitrogens with zero attached hydrogens (tertiary/aromatic N) is 2. The molecule has 166 valence electrons. The fourth-order valence-electron chi connectivity index (χ4n) is 3.51. The second-order valence-corrected chi connectivity index (χ2v) is 8.19. The maximum Gasteiger partial charge on any atom is 0.281 e. The number of nitro benzene ring substituents is 1. The van der Waals surface area contributed by atoms with E-state index in [0.29, 0.717) is 5.69 Å². The summed E-state index contributed by atoms with van der Waals surface area (Å²) >= 11 is 11.1. The van der Waals surface area contributed by atoms with Gasteiger partial charge in [0.1, 0.15) is 17.1 Å². The Kier molecular flexibility index (Phi) is 5.84. The summed E-state index contributed by atoms with van der Waals surface area (Å²) in [7, 11) is 0. The van der Waals surface area contributed by atoms with Crippen LogP contribution < -0.4 is 10.2 Å². The number of nitrogens with one attached hydrogen (secondary N) is 1. The first kappa shape index (κ1) is 22.4. The van der Waals surface area contributed by atoms with Crippen LogP contribution in [0, 0.1) is 24.0 Å². The van der Waals surface area contributed by atoms with Gasteiger partial charge in [-0.15, -0.1) is 0 Å². The lowest BCUT2D eigenvalue weighted by Crippen LogP contribution is -2.54. The van der Waals surface area contributed by atoms with Crippen LogP contribution in [-0.2, 0) is 9.59 Å². The van der Waals surface area contributed by atoms with Gasteiger partial charge in [0.05, 0.1) is 16.2 Å². The topological polar surface area (TPSA) is 106 Å². The third-order valence-electron chi connectivity index (χ3n) is 5.03. The first-order chi connectivity index (χ1) is 15.7. The lowest BCUT2D eigenvalue weighted by Gasteiger charge is -2.30. The third kappa shape index (κ3) is 4.28. The number of anilines is 1. The van der Waals surface area contributed by atoms with Crippen molar-refractivity contribution in [3.8, 4) is 11.3 Å². The molecule has 3 aromatic rings. The molecule has 4 rings (SSSR count). The molecule has 1 fully saturated rings. The molecule has 1 aliphatic heterocycles. The Hall–Kier alpha value is -3.82. The predicted octanol–water partition coefficient (Wildman–Crippen LogP) is 4.96. The summed E-state index contributed by atoms with van der Waals surface area (Å²) in [6, 6.07) is 12.7. The van der Waals surface area contributed by atoms with Gasteiger partial charge in [0.2, 0.25) is 0 Å². The lowest BCUT2D eigenvalue weighted by atomic mass is 10.1. The SMILES string of the molecule is Cc1ccc(N2C(=O)/C(=C/c3ccc(-c4ccc(Cl)cc4[N+](=O)[O-])o3)C(=O)NC2=S)c(C)c1. The molecule has 1 aliphatic rings. The maximum atomic E-state index is 13.2. The van der Waals surface area contributed by atoms with Crippen LogP contribution in [-0.4, -0.2) is 21.9 Å². The van der Waals surface area contributed by atoms with Crippen molar-refractivity contribution in [2.45, 2.75) is 13.8 Å². The van der Waals surface area contributed by atoms with E-state index in [-0.39, 0.29) is 38.5 Å². The average molecular weight is 482 g/mol. The molecule has 0 spiro atoms. The van der Waals surface area contributed by atoms with Crippen LogP contribution in [0.3, 0.4) is 0 Å². The summed E-state index contributed by atoms with van der Waals surface area (Å²) in [5, 5.41) is 14.1. The number of carbonyl (C=O) groups is 2. The molecule has 0 atom stereocenters. The zero-order valence-corrected chi connectivity index (χ0v) is 19.0. The zero-order valence-electron chi connectivity index (χ0n) is 17.4. The van der Waals surface area contributed by atoms with Crippen molar-refractivity contribution < 1.29 is 18.9 Å². The number of rotatable bonds is 4. The molecule has 0 aliphatic carbocycles. The van der Waals surface area contributed by atoms with Crippen molar-refractivity contribution in [2.24, 2.45) is 0 Å². The molecule has 2 heterocycles. The number of aryl methyl sites for hydroxylation is 2. The largest absolute Gasteiger partial charge is 0.456 e. The van der Waals surface area contributed by atoms with Crippen molar-refractivity contribution >= 4 is 58.2 Å². The average Bonchev–Trinajstić information content (AvgIpc) is 3.21. The summed E-state index contributed by atoms with van der Waals surface area (Å²) in [6.07, 6.45) is 1.28. The minimum atomic E-state index is -0.665. The number of halogens is 1. The van der Waals surface area contributed by atoms with Gasteiger partial charge in [-0.05, 0) is 68.0 Å². The van der Waals surface area contributed by atoms with E-state index in [1.54, 1.807) is 6.07 Å². The van der Waals surface area contributed by atoms with Gasteiger partial charge in [-0.1, -0.05) is 29.3 Å². The number of hydrogen-bond donors (Lipinski definition) is 1. The molecule has 0 bridgehead atoms. The smallest absolute Gasteiger partial charge is 0.281 e. The number of thiocarbonyl (C=S) groups is 1. The molecular formula is C23H16ClN3O5S. The fourth-order valence-corrected chi connectivity index (χ4v) is 3.95. The molecule has 0 saturated carbocycles. The molecule has 1 N–H and O–H groups in total. The van der Waals surface area contributed by atoms with Crippen LogP contribution in [0.15, 0.2) is 58.5 Å². The van der Waals surface area contributed by atoms with E-state index in [1.165, 1.54) is 41.3 Å². The van der Waals surface area contributed by atoms with E-state index < -0.39 is 16.7 Å². The van der Waals surface area contributed by atoms with Gasteiger partial charge in [-0.3, -0.25) is 29.9 Å². The highest BCUT2D eigenvalue weighted by atomic mass is 35.5. The van der Waals surface area contributed by atoms with Gasteiger partial charge in [-0.2, -0.15) is 0 Å². The van der Waals surface area contributed by atoms with Crippen LogP contribution in [0.5, 0.6) is 0 Å². The lowest BCUT2D eigenvalue weighted by molar-refractivity contribution is -0.384. The normalized spacial score (nSPS) is 15.2. The highest BCUT2D eigenvalue weighted by Crippen LogP contribution is 2.34. The molecule has 1 saturated heterocycles. The van der Waals surface area contributed by atoms with Crippen LogP contribution >= 0.6 is 23.8 Å². The van der Waals surface area contributed by atoms with Crippen molar-refractivity contribution in [1.29, 1.82) is 0 Å². The number of furan rings is 1. The molecule has 8 nitrogen and oxygen atoms in total. The van der Waals surface area contributed by atoms with E-state index in [4.69, 9.17) is 28.2 Å². The van der Waals surface area contributed by atoms with E-state index in [0.717, 1.165) is 11.1 Å². The number of hydrogen-bond acceptors (Lipinski definition) is 6. The third-order valence-corrected chi connectivity index (χ3v) is 5.55. The highest BCUT2D eigenvalue weighted by molar-refractivity contribution is 7.80. The van der Waals surface area contributed by atoms with Crippen molar-refractivity contribution in [3.63, 3.8) is 0 Å². The number of amides is 2. The summed E-state index contributed by atoms with van der Waals surface area (Å²) in [5.74, 6) is -0.913. The molecule has 0 unspecified atom stereocenters. The van der Waals surface area contributed by atoms with Crippen molar-refractivity contribution in [2.75, 3.05) is 4.90 Å². The second kappa shape index (κ2) is 8.61. The van der Waals surface area contributed by atoms with Gasteiger partial charge in [0.25, 0.3) is 17.5 Å². The number of benzene rings is 2. The molecule has 0 radical (unpaired) electrons. The van der Waals surface area contributed by atoms with Crippen LogP contribution in [0.2, 0.25) is 5.02 Å². The van der Waals surface area contributed by atoms with Crippen LogP contribution in [0.4, 0.5) is 11.4 Å². The first-order valence-corrected chi connectivity index (χ1v) is 10.5. The highest BCUT2D eigenvalue weighted by Gasteiger charge is 2.35. The minimum Gasteiger partial charge on any atom is -0.456 e. The summed E-state index contributed by atoms with van der Waals surface area (Å²) < 4.78 is 5.70. The molecule has 1 aromatic heterocycles. The van der Waals surface area contributed by atoms with E-state index in [9.17, 15) is 19.7 Å². The van der Waals surface area contributed by atoms with Gasteiger partial charge >= 0.3 is 0 Å². The molecule has 2 aromatic carbocycles. The van der Waals surface area contributed by atoms with E-state index in [2.05, 4.69) is 5.32 Å². The maximum absolute atomic E-state index is 13.2. The summed E-state index contributed by atoms with van der Waals surface area (Å²) in [6.45, 7) is 3.77.